The fourth-order valence-corrected chi connectivity index (χ4v) is 3.58. The van der Waals surface area contributed by atoms with Crippen LogP contribution in [0.5, 0.6) is 11.5 Å². The number of rotatable bonds is 7. The molecule has 1 atom stereocenters. The first kappa shape index (κ1) is 18.8. The van der Waals surface area contributed by atoms with Gasteiger partial charge in [0.1, 0.15) is 6.10 Å². The number of hydrogen-bond donors (Lipinski definition) is 3. The molecule has 0 aliphatic carbocycles. The highest BCUT2D eigenvalue weighted by molar-refractivity contribution is 7.16. The molecule has 0 spiro atoms. The molecule has 2 heterocycles. The van der Waals surface area contributed by atoms with Crippen LogP contribution in [0.15, 0.2) is 35.3 Å². The highest BCUT2D eigenvalue weighted by Gasteiger charge is 2.13. The monoisotopic (exact) mass is 395 g/mol. The lowest BCUT2D eigenvalue weighted by Crippen LogP contribution is -2.38. The largest absolute Gasteiger partial charge is 0.454 e. The summed E-state index contributed by atoms with van der Waals surface area (Å²) in [7, 11) is 0. The van der Waals surface area contributed by atoms with Crippen molar-refractivity contribution in [1.29, 1.82) is 0 Å². The van der Waals surface area contributed by atoms with Gasteiger partial charge in [-0.1, -0.05) is 17.7 Å². The summed E-state index contributed by atoms with van der Waals surface area (Å²) in [6.07, 6.45) is 0.168. The number of guanidine groups is 1. The summed E-state index contributed by atoms with van der Waals surface area (Å²) >= 11 is 7.28. The maximum Gasteiger partial charge on any atom is 0.231 e. The van der Waals surface area contributed by atoms with Crippen LogP contribution >= 0.6 is 22.9 Å². The Morgan fingerprint density at radius 1 is 1.27 bits per heavy atom. The summed E-state index contributed by atoms with van der Waals surface area (Å²) in [5, 5.41) is 16.7. The van der Waals surface area contributed by atoms with Gasteiger partial charge in [0, 0.05) is 18.0 Å². The Hall–Kier alpha value is -1.96. The second-order valence-electron chi connectivity index (χ2n) is 5.74. The minimum absolute atomic E-state index is 0.274. The SMILES string of the molecule is CCNC(=NCC(O)c1ccc(Cl)s1)NCCc1ccc2c(c1)OCO2. The molecule has 0 bridgehead atoms. The Kier molecular flexibility index (Phi) is 6.60. The average molecular weight is 396 g/mol. The van der Waals surface area contributed by atoms with E-state index in [2.05, 4.69) is 15.6 Å². The van der Waals surface area contributed by atoms with E-state index in [-0.39, 0.29) is 13.3 Å². The third-order valence-corrected chi connectivity index (χ3v) is 5.16. The van der Waals surface area contributed by atoms with Gasteiger partial charge in [-0.3, -0.25) is 4.99 Å². The summed E-state index contributed by atoms with van der Waals surface area (Å²) in [5.74, 6) is 2.26. The zero-order valence-electron chi connectivity index (χ0n) is 14.5. The van der Waals surface area contributed by atoms with Crippen LogP contribution in [0.3, 0.4) is 0 Å². The zero-order valence-corrected chi connectivity index (χ0v) is 16.1. The Morgan fingerprint density at radius 3 is 2.88 bits per heavy atom. The summed E-state index contributed by atoms with van der Waals surface area (Å²) in [5.41, 5.74) is 1.16. The van der Waals surface area contributed by atoms with Crippen molar-refractivity contribution in [3.63, 3.8) is 0 Å². The maximum atomic E-state index is 10.2. The number of thiophene rings is 1. The van der Waals surface area contributed by atoms with Crippen molar-refractivity contribution in [1.82, 2.24) is 10.6 Å². The molecule has 0 amide bonds. The molecular formula is C18H22ClN3O3S. The number of halogens is 1. The summed E-state index contributed by atoms with van der Waals surface area (Å²) in [6, 6.07) is 9.57. The van der Waals surface area contributed by atoms with Crippen LogP contribution in [0.1, 0.15) is 23.5 Å². The fraction of sp³-hybridized carbons (Fsp3) is 0.389. The molecular weight excluding hydrogens is 374 g/mol. The molecule has 0 fully saturated rings. The molecule has 8 heteroatoms. The number of fused-ring (bicyclic) bond motifs is 1. The van der Waals surface area contributed by atoms with Crippen molar-refractivity contribution in [2.45, 2.75) is 19.4 Å². The molecule has 1 aromatic carbocycles. The summed E-state index contributed by atoms with van der Waals surface area (Å²) in [4.78, 5) is 5.27. The fourth-order valence-electron chi connectivity index (χ4n) is 2.54. The van der Waals surface area contributed by atoms with Crippen LogP contribution in [0.4, 0.5) is 0 Å². The first-order valence-electron chi connectivity index (χ1n) is 8.49. The number of aliphatic imine (C=N–C) groups is 1. The van der Waals surface area contributed by atoms with Crippen molar-refractivity contribution in [3.8, 4) is 11.5 Å². The molecule has 1 unspecified atom stereocenters. The number of benzene rings is 1. The van der Waals surface area contributed by atoms with E-state index in [1.165, 1.54) is 11.3 Å². The molecule has 0 saturated heterocycles. The first-order chi connectivity index (χ1) is 12.7. The highest BCUT2D eigenvalue weighted by atomic mass is 35.5. The van der Waals surface area contributed by atoms with Gasteiger partial charge in [0.05, 0.1) is 10.9 Å². The van der Waals surface area contributed by atoms with Gasteiger partial charge in [-0.15, -0.1) is 11.3 Å². The minimum Gasteiger partial charge on any atom is -0.454 e. The van der Waals surface area contributed by atoms with Crippen LogP contribution < -0.4 is 20.1 Å². The van der Waals surface area contributed by atoms with Gasteiger partial charge in [-0.05, 0) is 43.2 Å². The van der Waals surface area contributed by atoms with Gasteiger partial charge >= 0.3 is 0 Å². The van der Waals surface area contributed by atoms with Gasteiger partial charge < -0.3 is 25.2 Å². The van der Waals surface area contributed by atoms with E-state index in [1.807, 2.05) is 31.2 Å². The normalized spacial score (nSPS) is 14.3. The molecule has 1 aliphatic rings. The van der Waals surface area contributed by atoms with Gasteiger partial charge in [-0.25, -0.2) is 0 Å². The molecule has 3 N–H and O–H groups in total. The number of nitrogens with zero attached hydrogens (tertiary/aromatic N) is 1. The van der Waals surface area contributed by atoms with Gasteiger partial charge in [0.2, 0.25) is 6.79 Å². The second kappa shape index (κ2) is 9.12. The van der Waals surface area contributed by atoms with E-state index < -0.39 is 6.10 Å². The van der Waals surface area contributed by atoms with Crippen LogP contribution in [0, 0.1) is 0 Å². The molecule has 1 aliphatic heterocycles. The Labute approximate surface area is 161 Å². The van der Waals surface area contributed by atoms with Gasteiger partial charge in [-0.2, -0.15) is 0 Å². The summed E-state index contributed by atoms with van der Waals surface area (Å²) < 4.78 is 11.4. The van der Waals surface area contributed by atoms with Gasteiger partial charge in [0.25, 0.3) is 0 Å². The molecule has 6 nitrogen and oxygen atoms in total. The Morgan fingerprint density at radius 2 is 2.12 bits per heavy atom. The van der Waals surface area contributed by atoms with Crippen LogP contribution in [0.2, 0.25) is 4.34 Å². The molecule has 3 rings (SSSR count). The van der Waals surface area contributed by atoms with E-state index in [0.717, 1.165) is 34.9 Å². The predicted molar refractivity (Wildman–Crippen MR) is 105 cm³/mol. The van der Waals surface area contributed by atoms with Crippen molar-refractivity contribution >= 4 is 28.9 Å². The molecule has 26 heavy (non-hydrogen) atoms. The number of hydrogen-bond acceptors (Lipinski definition) is 5. The van der Waals surface area contributed by atoms with E-state index in [1.54, 1.807) is 6.07 Å². The standard InChI is InChI=1S/C18H22ClN3O3S/c1-2-20-18(22-10-13(23)16-5-6-17(19)26-16)21-8-7-12-3-4-14-15(9-12)25-11-24-14/h3-6,9,13,23H,2,7-8,10-11H2,1H3,(H2,20,21,22). The summed E-state index contributed by atoms with van der Waals surface area (Å²) in [6.45, 7) is 4.02. The molecule has 140 valence electrons. The molecule has 1 aromatic heterocycles. The highest BCUT2D eigenvalue weighted by Crippen LogP contribution is 2.32. The minimum atomic E-state index is -0.656. The lowest BCUT2D eigenvalue weighted by atomic mass is 10.1. The van der Waals surface area contributed by atoms with Crippen molar-refractivity contribution < 1.29 is 14.6 Å². The van der Waals surface area contributed by atoms with Gasteiger partial charge in [0.15, 0.2) is 17.5 Å². The first-order valence-corrected chi connectivity index (χ1v) is 9.69. The second-order valence-corrected chi connectivity index (χ2v) is 7.49. The lowest BCUT2D eigenvalue weighted by molar-refractivity contribution is 0.174. The van der Waals surface area contributed by atoms with E-state index in [0.29, 0.717) is 16.8 Å². The van der Waals surface area contributed by atoms with Crippen molar-refractivity contribution in [3.05, 3.63) is 45.1 Å². The quantitative estimate of drug-likeness (QED) is 0.496. The van der Waals surface area contributed by atoms with Crippen LogP contribution in [0.25, 0.3) is 0 Å². The maximum absolute atomic E-state index is 10.2. The van der Waals surface area contributed by atoms with E-state index >= 15 is 0 Å². The Bertz CT molecular complexity index is 766. The van der Waals surface area contributed by atoms with Crippen LogP contribution in [-0.2, 0) is 6.42 Å². The Balaban J connectivity index is 1.51. The van der Waals surface area contributed by atoms with E-state index in [9.17, 15) is 5.11 Å². The average Bonchev–Trinajstić information content (AvgIpc) is 3.27. The smallest absolute Gasteiger partial charge is 0.231 e. The third-order valence-electron chi connectivity index (χ3n) is 3.83. The zero-order chi connectivity index (χ0) is 18.4. The third kappa shape index (κ3) is 5.03. The molecule has 0 radical (unpaired) electrons. The van der Waals surface area contributed by atoms with Crippen LogP contribution in [-0.4, -0.2) is 37.5 Å². The van der Waals surface area contributed by atoms with Crippen molar-refractivity contribution in [2.24, 2.45) is 4.99 Å². The number of aliphatic hydroxyl groups is 1. The predicted octanol–water partition coefficient (Wildman–Crippen LogP) is 2.96. The number of nitrogens with one attached hydrogen (secondary N) is 2. The van der Waals surface area contributed by atoms with Crippen molar-refractivity contribution in [2.75, 3.05) is 26.4 Å². The van der Waals surface area contributed by atoms with E-state index in [4.69, 9.17) is 21.1 Å². The number of ether oxygens (including phenoxy) is 2. The lowest BCUT2D eigenvalue weighted by Gasteiger charge is -2.13. The molecule has 2 aromatic rings. The molecule has 0 saturated carbocycles. The topological polar surface area (TPSA) is 75.1 Å². The number of aliphatic hydroxyl groups excluding tert-OH is 1.